The van der Waals surface area contributed by atoms with Gasteiger partial charge in [-0.2, -0.15) is 0 Å². The maximum atomic E-state index is 5.32. The van der Waals surface area contributed by atoms with E-state index in [0.29, 0.717) is 0 Å². The van der Waals surface area contributed by atoms with E-state index in [-0.39, 0.29) is 0 Å². The van der Waals surface area contributed by atoms with Crippen molar-refractivity contribution in [2.45, 2.75) is 0 Å². The average Bonchev–Trinajstić information content (AvgIpc) is 1.84. The zero-order chi connectivity index (χ0) is 10.0. The summed E-state index contributed by atoms with van der Waals surface area (Å²) in [7, 11) is 0. The van der Waals surface area contributed by atoms with Crippen molar-refractivity contribution < 1.29 is 0 Å². The third-order valence-electron chi connectivity index (χ3n) is 1.36. The Morgan fingerprint density at radius 1 is 0.500 bits per heavy atom. The first kappa shape index (κ1) is 14.1. The van der Waals surface area contributed by atoms with E-state index in [1.807, 2.05) is 0 Å². The first-order valence-corrected chi connectivity index (χ1v) is 21.0. The van der Waals surface area contributed by atoms with E-state index in [9.17, 15) is 0 Å². The van der Waals surface area contributed by atoms with Crippen LogP contribution in [-0.4, -0.2) is 0 Å². The molecule has 1 aliphatic heterocycles. The first-order valence-electron chi connectivity index (χ1n) is 2.33. The van der Waals surface area contributed by atoms with Gasteiger partial charge in [-0.1, -0.05) is 47.2 Å². The molecule has 0 spiro atoms. The van der Waals surface area contributed by atoms with Crippen molar-refractivity contribution in [3.63, 3.8) is 0 Å². The third kappa shape index (κ3) is 1.48. The van der Waals surface area contributed by atoms with Crippen molar-refractivity contribution in [2.75, 3.05) is 0 Å². The molecule has 72 valence electrons. The summed E-state index contributed by atoms with van der Waals surface area (Å²) >= 11 is 38.8. The second kappa shape index (κ2) is 3.75. The Labute approximate surface area is 113 Å². The molecular formula is H4P4S8. The lowest BCUT2D eigenvalue weighted by Crippen LogP contribution is -1.82. The normalized spacial score (nSPS) is 65.7. The van der Waals surface area contributed by atoms with Crippen molar-refractivity contribution in [1.82, 2.24) is 0 Å². The first-order chi connectivity index (χ1) is 5.00. The van der Waals surface area contributed by atoms with Gasteiger partial charge in [0.05, 0.1) is 18.5 Å². The summed E-state index contributed by atoms with van der Waals surface area (Å²) in [6.07, 6.45) is 0. The van der Waals surface area contributed by atoms with Crippen molar-refractivity contribution >= 4 is 115 Å². The smallest absolute Gasteiger partial charge is 0.0932 e. The molecule has 0 aromatic carbocycles. The van der Waals surface area contributed by atoms with Gasteiger partial charge in [0.1, 0.15) is 0 Å². The van der Waals surface area contributed by atoms with Gasteiger partial charge in [-0.15, -0.1) is 49.0 Å². The molecule has 0 aromatic rings. The highest BCUT2D eigenvalue weighted by Crippen LogP contribution is 3.38. The van der Waals surface area contributed by atoms with E-state index in [4.69, 9.17) is 47.2 Å². The van der Waals surface area contributed by atoms with Gasteiger partial charge in [-0.05, 0) is 0 Å². The number of hydrogen-bond acceptors (Lipinski definition) is 4. The van der Waals surface area contributed by atoms with Gasteiger partial charge in [0.2, 0.25) is 0 Å². The Morgan fingerprint density at radius 3 is 0.667 bits per heavy atom. The molecule has 1 heterocycles. The maximum absolute atomic E-state index is 5.32. The third-order valence-corrected chi connectivity index (χ3v) is 110. The maximum Gasteiger partial charge on any atom is 0.0932 e. The zero-order valence-electron chi connectivity index (χ0n) is 5.21. The molecule has 1 fully saturated rings. The lowest BCUT2D eigenvalue weighted by Gasteiger charge is -2.53. The van der Waals surface area contributed by atoms with Crippen LogP contribution in [0.5, 0.6) is 0 Å². The fourth-order valence-electron chi connectivity index (χ4n) is 0.576. The molecule has 0 nitrogen and oxygen atoms in total. The van der Waals surface area contributed by atoms with E-state index in [2.05, 4.69) is 49.0 Å². The average molecular weight is 384 g/mol. The minimum atomic E-state index is -2.02. The molecule has 12 heavy (non-hydrogen) atoms. The van der Waals surface area contributed by atoms with Crippen LogP contribution in [0.1, 0.15) is 0 Å². The van der Waals surface area contributed by atoms with Crippen molar-refractivity contribution in [1.29, 1.82) is 0 Å². The van der Waals surface area contributed by atoms with Crippen LogP contribution in [0.3, 0.4) is 0 Å². The molecule has 0 unspecified atom stereocenters. The molecular weight excluding hydrogens is 380 g/mol. The predicted octanol–water partition coefficient (Wildman–Crippen LogP) is 4.96. The Morgan fingerprint density at radius 2 is 0.583 bits per heavy atom. The second-order valence-corrected chi connectivity index (χ2v) is 55.4. The molecule has 0 bridgehead atoms. The molecule has 0 radical (unpaired) electrons. The molecule has 0 atom stereocenters. The zero-order valence-corrected chi connectivity index (χ0v) is 15.6. The summed E-state index contributed by atoms with van der Waals surface area (Å²) in [5, 5.41) is 0. The van der Waals surface area contributed by atoms with Gasteiger partial charge < -0.3 is 0 Å². The van der Waals surface area contributed by atoms with Crippen LogP contribution in [-0.2, 0) is 47.2 Å². The van der Waals surface area contributed by atoms with Gasteiger partial charge >= 0.3 is 0 Å². The van der Waals surface area contributed by atoms with Crippen LogP contribution >= 0.6 is 67.5 Å². The van der Waals surface area contributed by atoms with Gasteiger partial charge in [0.15, 0.2) is 0 Å². The summed E-state index contributed by atoms with van der Waals surface area (Å²) < 4.78 is -8.07. The summed E-state index contributed by atoms with van der Waals surface area (Å²) in [6.45, 7) is 0. The van der Waals surface area contributed by atoms with Crippen LogP contribution in [0.4, 0.5) is 0 Å². The Hall–Kier alpha value is 4.00. The van der Waals surface area contributed by atoms with E-state index in [0.717, 1.165) is 0 Å². The standard InChI is InChI=1S/H4P4S8/c5-1(6)2(7,8)4(11,12)3(1,9)10/h(H,5,6)(H,7,8)(H,9,10)(H,11,12). The quantitative estimate of drug-likeness (QED) is 0.344. The van der Waals surface area contributed by atoms with E-state index in [1.165, 1.54) is 0 Å². The molecule has 1 rings (SSSR count). The molecule has 1 saturated heterocycles. The highest BCUT2D eigenvalue weighted by atomic mass is 33.8. The van der Waals surface area contributed by atoms with E-state index in [1.54, 1.807) is 0 Å². The van der Waals surface area contributed by atoms with Gasteiger partial charge in [0, 0.05) is 0 Å². The Kier molecular flexibility index (Phi) is 4.39. The van der Waals surface area contributed by atoms with Gasteiger partial charge in [0.25, 0.3) is 0 Å². The predicted molar refractivity (Wildman–Crippen MR) is 93.1 cm³/mol. The van der Waals surface area contributed by atoms with Crippen LogP contribution in [0.15, 0.2) is 0 Å². The highest BCUT2D eigenvalue weighted by molar-refractivity contribution is 9.64. The van der Waals surface area contributed by atoms with E-state index >= 15 is 0 Å². The van der Waals surface area contributed by atoms with Crippen molar-refractivity contribution in [3.05, 3.63) is 0 Å². The number of hydrogen-bond donors (Lipinski definition) is 4. The summed E-state index contributed by atoms with van der Waals surface area (Å²) in [5.41, 5.74) is 0. The largest absolute Gasteiger partial charge is 0.129 e. The van der Waals surface area contributed by atoms with Crippen LogP contribution in [0, 0.1) is 0 Å². The molecule has 0 saturated carbocycles. The van der Waals surface area contributed by atoms with Crippen LogP contribution < -0.4 is 0 Å². The lowest BCUT2D eigenvalue weighted by molar-refractivity contribution is 4.43. The second-order valence-electron chi connectivity index (χ2n) is 2.05. The molecule has 0 aromatic heterocycles. The minimum absolute atomic E-state index is 2.02. The SMILES string of the molecule is S=P1(S)P(=S)(S)P(=S)(S)P1(=S)S. The van der Waals surface area contributed by atoms with Crippen LogP contribution in [0.2, 0.25) is 0 Å². The topological polar surface area (TPSA) is 0 Å². The fraction of sp³-hybridized carbons (Fsp3) is 0. The molecule has 0 amide bonds. The lowest BCUT2D eigenvalue weighted by atomic mass is 28.5. The highest BCUT2D eigenvalue weighted by Gasteiger charge is 2.64. The summed E-state index contributed by atoms with van der Waals surface area (Å²) in [4.78, 5) is 0. The molecule has 12 heteroatoms. The molecule has 0 N–H and O–H groups in total. The monoisotopic (exact) mass is 384 g/mol. The van der Waals surface area contributed by atoms with Crippen LogP contribution in [0.25, 0.3) is 0 Å². The summed E-state index contributed by atoms with van der Waals surface area (Å²) in [6, 6.07) is 0. The number of rotatable bonds is 0. The minimum Gasteiger partial charge on any atom is -0.129 e. The number of thiol groups is 4. The Bertz CT molecular complexity index is 309. The van der Waals surface area contributed by atoms with E-state index < -0.39 is 18.5 Å². The van der Waals surface area contributed by atoms with Gasteiger partial charge in [-0.3, -0.25) is 0 Å². The summed E-state index contributed by atoms with van der Waals surface area (Å²) in [5.74, 6) is 0. The fourth-order valence-corrected chi connectivity index (χ4v) is 133. The molecule has 0 aliphatic carbocycles. The Balaban J connectivity index is 3.58. The molecule has 1 aliphatic rings. The van der Waals surface area contributed by atoms with Crippen molar-refractivity contribution in [3.8, 4) is 0 Å². The van der Waals surface area contributed by atoms with Crippen molar-refractivity contribution in [2.24, 2.45) is 0 Å². The van der Waals surface area contributed by atoms with Gasteiger partial charge in [-0.25, -0.2) is 0 Å².